The van der Waals surface area contributed by atoms with Gasteiger partial charge in [-0.25, -0.2) is 0 Å². The van der Waals surface area contributed by atoms with Crippen molar-refractivity contribution in [2.24, 2.45) is 0 Å². The first kappa shape index (κ1) is 13.1. The molecule has 0 saturated heterocycles. The highest BCUT2D eigenvalue weighted by atomic mass is 35.5. The van der Waals surface area contributed by atoms with Gasteiger partial charge in [0.1, 0.15) is 0 Å². The second-order valence-corrected chi connectivity index (χ2v) is 5.33. The highest BCUT2D eigenvalue weighted by molar-refractivity contribution is 6.31. The lowest BCUT2D eigenvalue weighted by atomic mass is 9.75. The quantitative estimate of drug-likeness (QED) is 0.908. The third kappa shape index (κ3) is 2.15. The average Bonchev–Trinajstić information content (AvgIpc) is 2.51. The molecule has 0 aliphatic heterocycles. The molecule has 0 spiro atoms. The van der Waals surface area contributed by atoms with Crippen molar-refractivity contribution in [3.05, 3.63) is 34.3 Å². The molecule has 0 bridgehead atoms. The van der Waals surface area contributed by atoms with Gasteiger partial charge in [0.2, 0.25) is 0 Å². The zero-order chi connectivity index (χ0) is 13.3. The molecule has 18 heavy (non-hydrogen) atoms. The summed E-state index contributed by atoms with van der Waals surface area (Å²) in [5.41, 5.74) is 0.899. The lowest BCUT2D eigenvalue weighted by Crippen LogP contribution is -2.27. The molecular weight excluding hydrogens is 252 g/mol. The van der Waals surface area contributed by atoms with Gasteiger partial charge < -0.3 is 5.11 Å². The summed E-state index contributed by atoms with van der Waals surface area (Å²) in [6, 6.07) is 5.19. The minimum absolute atomic E-state index is 0.00120. The zero-order valence-corrected chi connectivity index (χ0v) is 11.0. The first-order valence-electron chi connectivity index (χ1n) is 6.03. The lowest BCUT2D eigenvalue weighted by molar-refractivity contribution is -0.138. The van der Waals surface area contributed by atoms with Crippen LogP contribution < -0.4 is 0 Å². The fourth-order valence-corrected chi connectivity index (χ4v) is 3.12. The molecule has 4 heteroatoms. The van der Waals surface area contributed by atoms with Gasteiger partial charge in [0.15, 0.2) is 5.78 Å². The normalized spacial score (nSPS) is 22.0. The molecule has 1 atom stereocenters. The van der Waals surface area contributed by atoms with E-state index in [1.54, 1.807) is 18.2 Å². The third-order valence-corrected chi connectivity index (χ3v) is 3.81. The Kier molecular flexibility index (Phi) is 3.44. The molecule has 1 unspecified atom stereocenters. The van der Waals surface area contributed by atoms with Crippen LogP contribution in [0, 0.1) is 0 Å². The second kappa shape index (κ2) is 4.73. The van der Waals surface area contributed by atoms with Crippen molar-refractivity contribution in [3.63, 3.8) is 0 Å². The Morgan fingerprint density at radius 2 is 2.22 bits per heavy atom. The number of hydrogen-bond acceptors (Lipinski definition) is 2. The van der Waals surface area contributed by atoms with Crippen LogP contribution in [0.25, 0.3) is 0 Å². The van der Waals surface area contributed by atoms with E-state index >= 15 is 0 Å². The van der Waals surface area contributed by atoms with Crippen LogP contribution in [-0.2, 0) is 10.2 Å². The molecule has 0 amide bonds. The summed E-state index contributed by atoms with van der Waals surface area (Å²) in [4.78, 5) is 23.1. The summed E-state index contributed by atoms with van der Waals surface area (Å²) in [6.45, 7) is 2.00. The van der Waals surface area contributed by atoms with Crippen LogP contribution in [0.3, 0.4) is 0 Å². The first-order valence-corrected chi connectivity index (χ1v) is 6.41. The molecule has 1 aliphatic carbocycles. The Balaban J connectivity index is 2.52. The van der Waals surface area contributed by atoms with Crippen LogP contribution >= 0.6 is 11.6 Å². The van der Waals surface area contributed by atoms with Crippen LogP contribution in [0.4, 0.5) is 0 Å². The molecule has 3 nitrogen and oxygen atoms in total. The van der Waals surface area contributed by atoms with Gasteiger partial charge in [0.25, 0.3) is 0 Å². The summed E-state index contributed by atoms with van der Waals surface area (Å²) in [5, 5.41) is 9.61. The SMILES string of the molecule is CCCC1(CC(=O)O)CC(=O)c2cc(Cl)ccc21. The number of benzene rings is 1. The molecule has 0 saturated carbocycles. The second-order valence-electron chi connectivity index (χ2n) is 4.89. The van der Waals surface area contributed by atoms with Gasteiger partial charge in [0.05, 0.1) is 6.42 Å². The molecule has 1 aromatic carbocycles. The Hall–Kier alpha value is -1.35. The van der Waals surface area contributed by atoms with E-state index in [9.17, 15) is 9.59 Å². The van der Waals surface area contributed by atoms with Gasteiger partial charge in [-0.2, -0.15) is 0 Å². The van der Waals surface area contributed by atoms with E-state index in [0.717, 1.165) is 12.0 Å². The van der Waals surface area contributed by atoms with Gasteiger partial charge in [-0.15, -0.1) is 0 Å². The number of carboxylic acids is 1. The van der Waals surface area contributed by atoms with E-state index in [1.165, 1.54) is 0 Å². The van der Waals surface area contributed by atoms with E-state index < -0.39 is 11.4 Å². The average molecular weight is 267 g/mol. The summed E-state index contributed by atoms with van der Waals surface area (Å²) >= 11 is 5.90. The monoisotopic (exact) mass is 266 g/mol. The fourth-order valence-electron chi connectivity index (χ4n) is 2.94. The van der Waals surface area contributed by atoms with E-state index in [0.29, 0.717) is 17.0 Å². The van der Waals surface area contributed by atoms with Crippen molar-refractivity contribution in [1.29, 1.82) is 0 Å². The minimum Gasteiger partial charge on any atom is -0.481 e. The van der Waals surface area contributed by atoms with Crippen molar-refractivity contribution in [2.45, 2.75) is 38.0 Å². The molecular formula is C14H15ClO3. The maximum absolute atomic E-state index is 12.0. The molecule has 0 aromatic heterocycles. The number of hydrogen-bond donors (Lipinski definition) is 1. The maximum atomic E-state index is 12.0. The van der Waals surface area contributed by atoms with Crippen molar-refractivity contribution >= 4 is 23.4 Å². The Morgan fingerprint density at radius 1 is 1.50 bits per heavy atom. The summed E-state index contributed by atoms with van der Waals surface area (Å²) in [7, 11) is 0. The van der Waals surface area contributed by atoms with E-state index in [-0.39, 0.29) is 18.6 Å². The van der Waals surface area contributed by atoms with Crippen LogP contribution in [-0.4, -0.2) is 16.9 Å². The van der Waals surface area contributed by atoms with Crippen molar-refractivity contribution < 1.29 is 14.7 Å². The number of carbonyl (C=O) groups excluding carboxylic acids is 1. The maximum Gasteiger partial charge on any atom is 0.304 e. The van der Waals surface area contributed by atoms with Crippen molar-refractivity contribution in [3.8, 4) is 0 Å². The highest BCUT2D eigenvalue weighted by Crippen LogP contribution is 2.45. The Labute approximate surface area is 111 Å². The molecule has 0 heterocycles. The highest BCUT2D eigenvalue weighted by Gasteiger charge is 2.44. The fraction of sp³-hybridized carbons (Fsp3) is 0.429. The first-order chi connectivity index (χ1) is 8.48. The largest absolute Gasteiger partial charge is 0.481 e. The molecule has 1 aliphatic rings. The molecule has 96 valence electrons. The van der Waals surface area contributed by atoms with E-state index in [1.807, 2.05) is 6.92 Å². The summed E-state index contributed by atoms with van der Waals surface area (Å²) in [6.07, 6.45) is 1.84. The smallest absolute Gasteiger partial charge is 0.304 e. The molecule has 0 radical (unpaired) electrons. The number of halogens is 1. The Bertz CT molecular complexity index is 510. The summed E-state index contributed by atoms with van der Waals surface area (Å²) in [5.74, 6) is -0.860. The molecule has 1 aromatic rings. The predicted molar refractivity (Wildman–Crippen MR) is 69.2 cm³/mol. The van der Waals surface area contributed by atoms with Crippen molar-refractivity contribution in [2.75, 3.05) is 0 Å². The van der Waals surface area contributed by atoms with Gasteiger partial charge >= 0.3 is 5.97 Å². The number of carboxylic acid groups (broad SMARTS) is 1. The Morgan fingerprint density at radius 3 is 2.83 bits per heavy atom. The van der Waals surface area contributed by atoms with Gasteiger partial charge in [0, 0.05) is 22.4 Å². The number of aliphatic carboxylic acids is 1. The van der Waals surface area contributed by atoms with Crippen LogP contribution in [0.2, 0.25) is 5.02 Å². The number of rotatable bonds is 4. The van der Waals surface area contributed by atoms with Crippen LogP contribution in [0.1, 0.15) is 48.5 Å². The molecule has 0 fully saturated rings. The third-order valence-electron chi connectivity index (χ3n) is 3.57. The zero-order valence-electron chi connectivity index (χ0n) is 10.2. The predicted octanol–water partition coefficient (Wildman–Crippen LogP) is 3.44. The van der Waals surface area contributed by atoms with Crippen LogP contribution in [0.15, 0.2) is 18.2 Å². The number of carbonyl (C=O) groups is 2. The minimum atomic E-state index is -0.862. The van der Waals surface area contributed by atoms with Crippen molar-refractivity contribution in [1.82, 2.24) is 0 Å². The molecule has 1 N–H and O–H groups in total. The lowest BCUT2D eigenvalue weighted by Gasteiger charge is -2.27. The number of Topliss-reactive ketones (excluding diaryl/α,β-unsaturated/α-hetero) is 1. The van der Waals surface area contributed by atoms with E-state index in [2.05, 4.69) is 0 Å². The van der Waals surface area contributed by atoms with Crippen LogP contribution in [0.5, 0.6) is 0 Å². The molecule has 2 rings (SSSR count). The van der Waals surface area contributed by atoms with Gasteiger partial charge in [-0.3, -0.25) is 9.59 Å². The number of fused-ring (bicyclic) bond motifs is 1. The van der Waals surface area contributed by atoms with E-state index in [4.69, 9.17) is 16.7 Å². The van der Waals surface area contributed by atoms with Gasteiger partial charge in [-0.05, 0) is 24.1 Å². The topological polar surface area (TPSA) is 54.4 Å². The summed E-state index contributed by atoms with van der Waals surface area (Å²) < 4.78 is 0. The van der Waals surface area contributed by atoms with Gasteiger partial charge in [-0.1, -0.05) is 31.0 Å². The number of ketones is 1. The standard InChI is InChI=1S/C14H15ClO3/c1-2-5-14(8-13(17)18)7-12(16)10-6-9(15)3-4-11(10)14/h3-4,6H,2,5,7-8H2,1H3,(H,17,18).